The zero-order chi connectivity index (χ0) is 32.1. The fourth-order valence-electron chi connectivity index (χ4n) is 5.92. The van der Waals surface area contributed by atoms with Gasteiger partial charge in [-0.05, 0) is 91.1 Å². The highest BCUT2D eigenvalue weighted by molar-refractivity contribution is 7.90. The summed E-state index contributed by atoms with van der Waals surface area (Å²) in [5, 5.41) is 0.634. The van der Waals surface area contributed by atoms with Crippen LogP contribution in [0.1, 0.15) is 40.9 Å². The Bertz CT molecular complexity index is 2310. The third-order valence-corrected chi connectivity index (χ3v) is 10.1. The molecule has 0 bridgehead atoms. The molecule has 1 fully saturated rings. The summed E-state index contributed by atoms with van der Waals surface area (Å²) in [5.74, 6) is -2.33. The summed E-state index contributed by atoms with van der Waals surface area (Å²) in [5.41, 5.74) is 1.37. The van der Waals surface area contributed by atoms with E-state index in [-0.39, 0.29) is 34.7 Å². The number of benzene rings is 2. The monoisotopic (exact) mass is 636 g/mol. The van der Waals surface area contributed by atoms with E-state index in [1.54, 1.807) is 60.9 Å². The molecule has 46 heavy (non-hydrogen) atoms. The Morgan fingerprint density at radius 3 is 2.43 bits per heavy atom. The first-order chi connectivity index (χ1) is 22.2. The molecule has 0 N–H and O–H groups in total. The lowest BCUT2D eigenvalue weighted by Crippen LogP contribution is -2.34. The average molecular weight is 637 g/mol. The van der Waals surface area contributed by atoms with E-state index in [1.165, 1.54) is 45.2 Å². The smallest absolute Gasteiger partial charge is 0.269 e. The van der Waals surface area contributed by atoms with Crippen molar-refractivity contribution in [2.45, 2.75) is 36.1 Å². The van der Waals surface area contributed by atoms with Gasteiger partial charge in [0, 0.05) is 47.9 Å². The molecule has 0 aliphatic heterocycles. The van der Waals surface area contributed by atoms with Crippen LogP contribution in [0, 0.1) is 11.6 Å². The third kappa shape index (κ3) is 5.02. The van der Waals surface area contributed by atoms with Crippen molar-refractivity contribution in [2.24, 2.45) is 0 Å². The molecule has 4 heterocycles. The van der Waals surface area contributed by atoms with E-state index in [0.717, 1.165) is 12.1 Å². The number of Topliss-reactive ketones (excluding diaryl/α,β-unsaturated/α-hetero) is 1. The Kier molecular flexibility index (Phi) is 7.20. The molecule has 0 saturated heterocycles. The molecule has 1 saturated carbocycles. The molecule has 7 rings (SSSR count). The summed E-state index contributed by atoms with van der Waals surface area (Å²) in [4.78, 5) is 35.7. The number of carbonyl (C=O) groups is 1. The predicted molar refractivity (Wildman–Crippen MR) is 168 cm³/mol. The molecule has 4 aromatic heterocycles. The molecular formula is C35H26F2N4O4S. The first-order valence-electron chi connectivity index (χ1n) is 14.6. The van der Waals surface area contributed by atoms with E-state index >= 15 is 0 Å². The number of carbonyl (C=O) groups excluding carboxylic acids is 1. The molecule has 1 aliphatic carbocycles. The summed E-state index contributed by atoms with van der Waals surface area (Å²) >= 11 is 0. The van der Waals surface area contributed by atoms with Gasteiger partial charge in [0.1, 0.15) is 0 Å². The minimum Gasteiger partial charge on any atom is -0.305 e. The minimum atomic E-state index is -3.92. The number of nitrogens with zero attached hydrogens (tertiary/aromatic N) is 4. The quantitative estimate of drug-likeness (QED) is 0.177. The maximum atomic E-state index is 14.0. The van der Waals surface area contributed by atoms with Gasteiger partial charge in [-0.1, -0.05) is 24.3 Å². The number of fused-ring (bicyclic) bond motifs is 1. The number of hydrogen-bond acceptors (Lipinski definition) is 6. The molecule has 0 unspecified atom stereocenters. The van der Waals surface area contributed by atoms with Gasteiger partial charge in [-0.3, -0.25) is 14.6 Å². The van der Waals surface area contributed by atoms with Crippen LogP contribution >= 0.6 is 0 Å². The highest BCUT2D eigenvalue weighted by Crippen LogP contribution is 2.48. The lowest BCUT2D eigenvalue weighted by molar-refractivity contribution is 0.0980. The van der Waals surface area contributed by atoms with Gasteiger partial charge >= 0.3 is 0 Å². The first kappa shape index (κ1) is 29.4. The topological polar surface area (TPSA) is 104 Å². The second-order valence-corrected chi connectivity index (χ2v) is 13.1. The van der Waals surface area contributed by atoms with E-state index < -0.39 is 32.8 Å². The van der Waals surface area contributed by atoms with Crippen molar-refractivity contribution in [3.05, 3.63) is 149 Å². The minimum absolute atomic E-state index is 0.000412. The van der Waals surface area contributed by atoms with Gasteiger partial charge in [-0.25, -0.2) is 26.2 Å². The molecule has 0 radical (unpaired) electrons. The number of aryl methyl sites for hydroxylation is 1. The van der Waals surface area contributed by atoms with Crippen molar-refractivity contribution in [2.75, 3.05) is 0 Å². The summed E-state index contributed by atoms with van der Waals surface area (Å²) in [6.07, 6.45) is 7.59. The van der Waals surface area contributed by atoms with Crippen molar-refractivity contribution < 1.29 is 22.0 Å². The lowest BCUT2D eigenvalue weighted by atomic mass is 10.0. The fourth-order valence-corrected chi connectivity index (χ4v) is 7.27. The number of halogens is 2. The molecule has 6 aromatic rings. The molecule has 11 heteroatoms. The summed E-state index contributed by atoms with van der Waals surface area (Å²) in [6, 6.07) is 21.9. The maximum absolute atomic E-state index is 14.0. The van der Waals surface area contributed by atoms with Crippen LogP contribution in [0.15, 0.2) is 119 Å². The van der Waals surface area contributed by atoms with E-state index in [1.807, 2.05) is 0 Å². The number of aromatic nitrogens is 4. The lowest BCUT2D eigenvalue weighted by Gasteiger charge is -2.20. The SMILES string of the molecule is O=C(CCc1cc(-c2cn(S(=O)(=O)c3ccccc3)c3ncccc23)ccn1)c1cccn(C2(c3ccc(F)c(F)c3)CC2)c1=O. The van der Waals surface area contributed by atoms with Crippen molar-refractivity contribution >= 4 is 26.8 Å². The van der Waals surface area contributed by atoms with Gasteiger partial charge in [-0.15, -0.1) is 0 Å². The number of ketones is 1. The average Bonchev–Trinajstić information content (AvgIpc) is 3.78. The van der Waals surface area contributed by atoms with Crippen LogP contribution < -0.4 is 5.56 Å². The molecule has 1 aliphatic rings. The summed E-state index contributed by atoms with van der Waals surface area (Å²) in [6.45, 7) is 0. The number of rotatable bonds is 9. The van der Waals surface area contributed by atoms with Crippen LogP contribution in [-0.4, -0.2) is 32.7 Å². The van der Waals surface area contributed by atoms with Crippen LogP contribution in [0.2, 0.25) is 0 Å². The highest BCUT2D eigenvalue weighted by atomic mass is 32.2. The van der Waals surface area contributed by atoms with Crippen LogP contribution in [-0.2, 0) is 22.0 Å². The standard InChI is InChI=1S/C35H26F2N4O4S/c36-30-12-10-24(21-31(30)37)35(15-16-35)40-19-5-9-28(34(40)43)32(42)13-11-25-20-23(14-18-38-25)29-22-41(33-27(29)8-4-17-39-33)46(44,45)26-6-2-1-3-7-26/h1-10,12,14,17-22H,11,13,15-16H2. The van der Waals surface area contributed by atoms with E-state index in [0.29, 0.717) is 40.6 Å². The maximum Gasteiger partial charge on any atom is 0.269 e. The second kappa shape index (κ2) is 11.3. The largest absolute Gasteiger partial charge is 0.305 e. The van der Waals surface area contributed by atoms with Gasteiger partial charge in [0.25, 0.3) is 15.6 Å². The molecule has 2 aromatic carbocycles. The van der Waals surface area contributed by atoms with Gasteiger partial charge in [0.15, 0.2) is 23.1 Å². The molecule has 0 spiro atoms. The Balaban J connectivity index is 1.15. The molecule has 230 valence electrons. The Hall–Kier alpha value is -5.29. The second-order valence-electron chi connectivity index (χ2n) is 11.2. The highest BCUT2D eigenvalue weighted by Gasteiger charge is 2.47. The van der Waals surface area contributed by atoms with Crippen LogP contribution in [0.5, 0.6) is 0 Å². The van der Waals surface area contributed by atoms with Crippen LogP contribution in [0.4, 0.5) is 8.78 Å². The third-order valence-electron chi connectivity index (χ3n) is 8.46. The van der Waals surface area contributed by atoms with E-state index in [4.69, 9.17) is 0 Å². The summed E-state index contributed by atoms with van der Waals surface area (Å²) in [7, 11) is -3.92. The normalized spacial score (nSPS) is 14.0. The zero-order valence-corrected chi connectivity index (χ0v) is 25.1. The Labute approximate surface area is 262 Å². The first-order valence-corrected chi connectivity index (χ1v) is 16.1. The van der Waals surface area contributed by atoms with Crippen molar-refractivity contribution in [1.29, 1.82) is 0 Å². The fraction of sp³-hybridized carbons (Fsp3) is 0.143. The molecule has 0 atom stereocenters. The van der Waals surface area contributed by atoms with Gasteiger partial charge < -0.3 is 4.57 Å². The number of hydrogen-bond donors (Lipinski definition) is 0. The van der Waals surface area contributed by atoms with E-state index in [2.05, 4.69) is 9.97 Å². The Morgan fingerprint density at radius 1 is 0.870 bits per heavy atom. The summed E-state index contributed by atoms with van der Waals surface area (Å²) < 4.78 is 57.2. The number of pyridine rings is 3. The van der Waals surface area contributed by atoms with Gasteiger partial charge in [0.2, 0.25) is 0 Å². The van der Waals surface area contributed by atoms with Crippen LogP contribution in [0.25, 0.3) is 22.2 Å². The van der Waals surface area contributed by atoms with Crippen molar-refractivity contribution in [1.82, 2.24) is 18.5 Å². The van der Waals surface area contributed by atoms with Gasteiger partial charge in [0.05, 0.1) is 16.0 Å². The van der Waals surface area contributed by atoms with Gasteiger partial charge in [-0.2, -0.15) is 0 Å². The van der Waals surface area contributed by atoms with Crippen molar-refractivity contribution in [3.8, 4) is 11.1 Å². The molecule has 0 amide bonds. The molecule has 8 nitrogen and oxygen atoms in total. The molecular weight excluding hydrogens is 610 g/mol. The van der Waals surface area contributed by atoms with E-state index in [9.17, 15) is 26.8 Å². The Morgan fingerprint density at radius 2 is 1.67 bits per heavy atom. The van der Waals surface area contributed by atoms with Crippen molar-refractivity contribution in [3.63, 3.8) is 0 Å². The zero-order valence-electron chi connectivity index (χ0n) is 24.3. The predicted octanol–water partition coefficient (Wildman–Crippen LogP) is 6.13. The van der Waals surface area contributed by atoms with Crippen LogP contribution in [0.3, 0.4) is 0 Å².